The minimum absolute atomic E-state index is 0.0754. The van der Waals surface area contributed by atoms with E-state index >= 15 is 0 Å². The van der Waals surface area contributed by atoms with Crippen LogP contribution >= 0.6 is 12.0 Å². The molecule has 4 N–H and O–H groups in total. The van der Waals surface area contributed by atoms with Gasteiger partial charge < -0.3 is 10.6 Å². The third-order valence-electron chi connectivity index (χ3n) is 5.08. The first kappa shape index (κ1) is 25.4. The fourth-order valence-electron chi connectivity index (χ4n) is 3.20. The molecule has 0 bridgehead atoms. The first-order chi connectivity index (χ1) is 16.0. The van der Waals surface area contributed by atoms with Gasteiger partial charge in [-0.05, 0) is 74.2 Å². The molecule has 0 aliphatic carbocycles. The highest BCUT2D eigenvalue weighted by Crippen LogP contribution is 2.35. The summed E-state index contributed by atoms with van der Waals surface area (Å²) in [5.74, 6) is 0.508. The van der Waals surface area contributed by atoms with Gasteiger partial charge >= 0.3 is 0 Å². The Morgan fingerprint density at radius 2 is 1.59 bits per heavy atom. The van der Waals surface area contributed by atoms with E-state index in [1.165, 1.54) is 12.1 Å². The lowest BCUT2D eigenvalue weighted by Crippen LogP contribution is -2.09. The van der Waals surface area contributed by atoms with Crippen LogP contribution in [0.4, 0.5) is 23.0 Å². The van der Waals surface area contributed by atoms with Gasteiger partial charge in [-0.1, -0.05) is 17.2 Å². The fourth-order valence-corrected chi connectivity index (χ4v) is 4.48. The summed E-state index contributed by atoms with van der Waals surface area (Å²) in [6, 6.07) is 12.0. The molecule has 0 amide bonds. The predicted octanol–water partition coefficient (Wildman–Crippen LogP) is 5.35. The number of hydrogen-bond donors (Lipinski definition) is 4. The topological polar surface area (TPSA) is 154 Å². The molecule has 34 heavy (non-hydrogen) atoms. The molecule has 2 aromatic carbocycles. The molecule has 0 radical (unpaired) electrons. The van der Waals surface area contributed by atoms with Crippen molar-refractivity contribution >= 4 is 45.2 Å². The van der Waals surface area contributed by atoms with E-state index in [-0.39, 0.29) is 22.0 Å². The largest absolute Gasteiger partial charge is 0.339 e. The third kappa shape index (κ3) is 5.65. The Hall–Kier alpha value is -3.18. The van der Waals surface area contributed by atoms with Crippen molar-refractivity contribution in [2.45, 2.75) is 37.5 Å². The number of aromatic nitrogens is 1. The molecule has 0 aliphatic heterocycles. The Bertz CT molecular complexity index is 1390. The van der Waals surface area contributed by atoms with E-state index in [0.717, 1.165) is 17.6 Å². The van der Waals surface area contributed by atoms with Crippen molar-refractivity contribution in [1.29, 1.82) is 5.26 Å². The molecule has 0 spiro atoms. The minimum Gasteiger partial charge on any atom is -0.339 e. The van der Waals surface area contributed by atoms with Gasteiger partial charge in [-0.15, -0.1) is 4.33 Å². The van der Waals surface area contributed by atoms with Crippen LogP contribution in [0.5, 0.6) is 0 Å². The monoisotopic (exact) mass is 502 g/mol. The second kappa shape index (κ2) is 10.4. The van der Waals surface area contributed by atoms with Gasteiger partial charge in [-0.2, -0.15) is 13.7 Å². The van der Waals surface area contributed by atoms with Gasteiger partial charge in [0.25, 0.3) is 10.1 Å². The Morgan fingerprint density at radius 3 is 2.21 bits per heavy atom. The number of anilines is 4. The molecule has 178 valence electrons. The second-order valence-corrected chi connectivity index (χ2v) is 9.63. The lowest BCUT2D eigenvalue weighted by molar-refractivity contribution is -0.432. The van der Waals surface area contributed by atoms with Gasteiger partial charge in [0.15, 0.2) is 5.82 Å². The average Bonchev–Trinajstić information content (AvgIpc) is 2.78. The van der Waals surface area contributed by atoms with Crippen LogP contribution in [0, 0.1) is 39.0 Å². The minimum atomic E-state index is -4.53. The van der Waals surface area contributed by atoms with E-state index in [1.54, 1.807) is 32.9 Å². The summed E-state index contributed by atoms with van der Waals surface area (Å²) in [7, 11) is -4.53. The molecule has 3 aromatic rings. The Balaban J connectivity index is 2.10. The van der Waals surface area contributed by atoms with Crippen LogP contribution in [0.3, 0.4) is 0 Å². The van der Waals surface area contributed by atoms with Crippen LogP contribution in [-0.4, -0.2) is 23.2 Å². The zero-order valence-corrected chi connectivity index (χ0v) is 20.3. The fraction of sp³-hybridized carbons (Fsp3) is 0.182. The van der Waals surface area contributed by atoms with Gasteiger partial charge in [-0.25, -0.2) is 10.2 Å². The maximum atomic E-state index is 11.9. The van der Waals surface area contributed by atoms with E-state index < -0.39 is 10.1 Å². The summed E-state index contributed by atoms with van der Waals surface area (Å²) in [5, 5.41) is 28.0. The Labute approximate surface area is 201 Å². The number of hydrogen-bond acceptors (Lipinski definition) is 10. The normalized spacial score (nSPS) is 11.2. The summed E-state index contributed by atoms with van der Waals surface area (Å²) in [6.07, 6.45) is 0. The highest BCUT2D eigenvalue weighted by Gasteiger charge is 2.20. The predicted molar refractivity (Wildman–Crippen MR) is 128 cm³/mol. The number of nitrogens with one attached hydrogen (secondary N) is 2. The summed E-state index contributed by atoms with van der Waals surface area (Å²) < 4.78 is 38.1. The third-order valence-corrected chi connectivity index (χ3v) is 6.62. The Kier molecular flexibility index (Phi) is 7.78. The highest BCUT2D eigenvalue weighted by atomic mass is 32.2. The van der Waals surface area contributed by atoms with Gasteiger partial charge in [0.2, 0.25) is 0 Å². The highest BCUT2D eigenvalue weighted by molar-refractivity contribution is 7.94. The van der Waals surface area contributed by atoms with E-state index in [9.17, 15) is 18.2 Å². The number of benzene rings is 2. The van der Waals surface area contributed by atoms with Crippen LogP contribution in [0.15, 0.2) is 46.2 Å². The molecule has 0 saturated carbocycles. The van der Waals surface area contributed by atoms with Gasteiger partial charge in [0.05, 0.1) is 33.9 Å². The van der Waals surface area contributed by atoms with Crippen molar-refractivity contribution in [2.24, 2.45) is 0 Å². The molecular weight excluding hydrogens is 480 g/mol. The number of nitriles is 1. The lowest BCUT2D eigenvalue weighted by atomic mass is 10.1. The number of rotatable bonds is 8. The molecule has 0 aliphatic rings. The maximum Gasteiger partial charge on any atom is 0.296 e. The van der Waals surface area contributed by atoms with Gasteiger partial charge in [-0.3, -0.25) is 4.55 Å². The summed E-state index contributed by atoms with van der Waals surface area (Å²) in [6.45, 7) is 7.12. The number of aryl methyl sites for hydroxylation is 2. The van der Waals surface area contributed by atoms with Crippen molar-refractivity contribution in [3.8, 4) is 6.07 Å². The molecule has 0 fully saturated rings. The van der Waals surface area contributed by atoms with E-state index in [4.69, 9.17) is 5.26 Å². The zero-order valence-electron chi connectivity index (χ0n) is 18.7. The van der Waals surface area contributed by atoms with Crippen molar-refractivity contribution in [2.75, 3.05) is 10.6 Å². The van der Waals surface area contributed by atoms with E-state index in [0.29, 0.717) is 33.1 Å². The van der Waals surface area contributed by atoms with E-state index in [1.807, 2.05) is 19.1 Å². The van der Waals surface area contributed by atoms with Crippen LogP contribution in [0.1, 0.15) is 27.8 Å². The second-order valence-electron chi connectivity index (χ2n) is 7.50. The molecule has 12 heteroatoms. The van der Waals surface area contributed by atoms with Crippen LogP contribution < -0.4 is 10.6 Å². The average molecular weight is 503 g/mol. The smallest absolute Gasteiger partial charge is 0.296 e. The SMILES string of the molecule is Cc1ccc(Nc2nc(Nc3ccc(C)cc3S(=O)(=O)O)c(C#N)c(C)c2C)c(SOOO)c1. The molecule has 1 heterocycles. The molecule has 3 rings (SSSR count). The lowest BCUT2D eigenvalue weighted by Gasteiger charge is -2.18. The first-order valence-electron chi connectivity index (χ1n) is 9.84. The standard InChI is InChI=1S/C22H22N4O6S2/c1-12-5-7-17(19(9-12)33-32-31-27)24-21-15(4)14(3)16(11-23)22(26-21)25-18-8-6-13(2)10-20(18)34(28,29)30/h5-10,27H,1-4H3,(H2,24,25,26)(H,28,29,30). The first-order valence-corrected chi connectivity index (χ1v) is 12.0. The molecule has 10 nitrogen and oxygen atoms in total. The van der Waals surface area contributed by atoms with Crippen molar-refractivity contribution in [3.05, 3.63) is 64.2 Å². The van der Waals surface area contributed by atoms with Crippen molar-refractivity contribution < 1.29 is 27.6 Å². The van der Waals surface area contributed by atoms with Crippen LogP contribution in [-0.2, 0) is 19.5 Å². The summed E-state index contributed by atoms with van der Waals surface area (Å²) in [4.78, 5) is 4.80. The van der Waals surface area contributed by atoms with Crippen molar-refractivity contribution in [3.63, 3.8) is 0 Å². The van der Waals surface area contributed by atoms with Crippen LogP contribution in [0.2, 0.25) is 0 Å². The molecule has 0 saturated heterocycles. The molecule has 0 unspecified atom stereocenters. The number of nitrogens with zero attached hydrogens (tertiary/aromatic N) is 2. The van der Waals surface area contributed by atoms with Crippen LogP contribution in [0.25, 0.3) is 0 Å². The Morgan fingerprint density at radius 1 is 0.971 bits per heavy atom. The molecule has 1 aromatic heterocycles. The van der Waals surface area contributed by atoms with E-state index in [2.05, 4.69) is 31.1 Å². The maximum absolute atomic E-state index is 11.9. The summed E-state index contributed by atoms with van der Waals surface area (Å²) >= 11 is 0.786. The number of pyridine rings is 1. The zero-order chi connectivity index (χ0) is 25.0. The van der Waals surface area contributed by atoms with Gasteiger partial charge in [0, 0.05) is 0 Å². The molecule has 0 atom stereocenters. The molecular formula is C22H22N4O6S2. The van der Waals surface area contributed by atoms with Gasteiger partial charge in [0.1, 0.15) is 16.8 Å². The van der Waals surface area contributed by atoms with Crippen molar-refractivity contribution in [1.82, 2.24) is 4.98 Å². The summed E-state index contributed by atoms with van der Waals surface area (Å²) in [5.41, 5.74) is 3.78. The quantitative estimate of drug-likeness (QED) is 0.136.